The number of phenols is 1. The Morgan fingerprint density at radius 1 is 1.20 bits per heavy atom. The average molecular weight is 362 g/mol. The van der Waals surface area contributed by atoms with Crippen molar-refractivity contribution < 1.29 is 14.6 Å². The van der Waals surface area contributed by atoms with Crippen LogP contribution in [0, 0.1) is 27.7 Å². The summed E-state index contributed by atoms with van der Waals surface area (Å²) in [6.45, 7) is 9.52. The van der Waals surface area contributed by atoms with E-state index in [0.717, 1.165) is 22.3 Å². The van der Waals surface area contributed by atoms with Crippen LogP contribution < -0.4 is 10.1 Å². The van der Waals surface area contributed by atoms with Crippen molar-refractivity contribution in [2.45, 2.75) is 47.1 Å². The molecule has 1 amide bonds. The van der Waals surface area contributed by atoms with Crippen molar-refractivity contribution >= 4 is 23.2 Å². The first-order chi connectivity index (χ1) is 11.7. The van der Waals surface area contributed by atoms with Crippen LogP contribution in [0.2, 0.25) is 5.02 Å². The van der Waals surface area contributed by atoms with Crippen molar-refractivity contribution in [2.75, 3.05) is 5.32 Å². The minimum atomic E-state index is -0.666. The molecule has 2 aromatic rings. The number of ether oxygens (including phenoxy) is 1. The second kappa shape index (κ2) is 7.79. The maximum atomic E-state index is 12.6. The summed E-state index contributed by atoms with van der Waals surface area (Å²) >= 11 is 6.12. The number of benzene rings is 2. The normalized spacial score (nSPS) is 11.9. The van der Waals surface area contributed by atoms with Gasteiger partial charge in [-0.15, -0.1) is 0 Å². The number of hydrogen-bond donors (Lipinski definition) is 2. The number of amides is 1. The van der Waals surface area contributed by atoms with Gasteiger partial charge in [0.1, 0.15) is 5.75 Å². The molecular formula is C20H24ClNO3. The molecule has 2 N–H and O–H groups in total. The summed E-state index contributed by atoms with van der Waals surface area (Å²) in [6, 6.07) is 7.53. The Morgan fingerprint density at radius 3 is 2.48 bits per heavy atom. The highest BCUT2D eigenvalue weighted by Gasteiger charge is 2.22. The third-order valence-corrected chi connectivity index (χ3v) is 4.73. The van der Waals surface area contributed by atoms with E-state index in [1.165, 1.54) is 0 Å². The smallest absolute Gasteiger partial charge is 0.265 e. The number of aryl methyl sites for hydroxylation is 3. The van der Waals surface area contributed by atoms with Gasteiger partial charge in [0.15, 0.2) is 11.9 Å². The van der Waals surface area contributed by atoms with Crippen LogP contribution >= 0.6 is 11.6 Å². The van der Waals surface area contributed by atoms with Crippen molar-refractivity contribution in [2.24, 2.45) is 0 Å². The Morgan fingerprint density at radius 2 is 1.88 bits per heavy atom. The van der Waals surface area contributed by atoms with Crippen molar-refractivity contribution in [3.05, 3.63) is 51.5 Å². The number of phenolic OH excluding ortho intramolecular Hbond substituents is 1. The van der Waals surface area contributed by atoms with E-state index in [1.54, 1.807) is 6.07 Å². The Hall–Kier alpha value is -2.20. The maximum Gasteiger partial charge on any atom is 0.265 e. The molecule has 0 radical (unpaired) electrons. The number of anilines is 1. The van der Waals surface area contributed by atoms with Gasteiger partial charge in [-0.1, -0.05) is 36.2 Å². The fourth-order valence-electron chi connectivity index (χ4n) is 2.58. The summed E-state index contributed by atoms with van der Waals surface area (Å²) in [4.78, 5) is 12.6. The van der Waals surface area contributed by atoms with Gasteiger partial charge in [0.25, 0.3) is 5.91 Å². The van der Waals surface area contributed by atoms with Crippen LogP contribution in [0.3, 0.4) is 0 Å². The van der Waals surface area contributed by atoms with Gasteiger partial charge in [-0.3, -0.25) is 4.79 Å². The predicted molar refractivity (Wildman–Crippen MR) is 102 cm³/mol. The highest BCUT2D eigenvalue weighted by Crippen LogP contribution is 2.36. The van der Waals surface area contributed by atoms with E-state index in [1.807, 2.05) is 52.8 Å². The van der Waals surface area contributed by atoms with E-state index in [4.69, 9.17) is 16.3 Å². The lowest BCUT2D eigenvalue weighted by atomic mass is 10.1. The predicted octanol–water partition coefficient (Wildman–Crippen LogP) is 5.08. The van der Waals surface area contributed by atoms with E-state index in [9.17, 15) is 9.90 Å². The molecule has 134 valence electrons. The fourth-order valence-corrected chi connectivity index (χ4v) is 2.83. The summed E-state index contributed by atoms with van der Waals surface area (Å²) in [5.41, 5.74) is 4.08. The number of carbonyl (C=O) groups is 1. The molecule has 2 rings (SSSR count). The molecule has 0 saturated heterocycles. The van der Waals surface area contributed by atoms with Gasteiger partial charge in [-0.2, -0.15) is 0 Å². The average Bonchev–Trinajstić information content (AvgIpc) is 2.57. The van der Waals surface area contributed by atoms with Crippen molar-refractivity contribution in [1.29, 1.82) is 0 Å². The topological polar surface area (TPSA) is 58.6 Å². The molecule has 1 atom stereocenters. The second-order valence-electron chi connectivity index (χ2n) is 6.30. The third kappa shape index (κ3) is 4.26. The van der Waals surface area contributed by atoms with Crippen LogP contribution in [0.25, 0.3) is 0 Å². The molecule has 0 heterocycles. The van der Waals surface area contributed by atoms with Crippen LogP contribution in [0.1, 0.15) is 35.6 Å². The summed E-state index contributed by atoms with van der Waals surface area (Å²) in [5.74, 6) is 0.228. The summed E-state index contributed by atoms with van der Waals surface area (Å²) < 4.78 is 5.88. The third-order valence-electron chi connectivity index (χ3n) is 4.27. The minimum Gasteiger partial charge on any atom is -0.504 e. The Kier molecular flexibility index (Phi) is 5.96. The van der Waals surface area contributed by atoms with Gasteiger partial charge in [0, 0.05) is 0 Å². The zero-order valence-electron chi connectivity index (χ0n) is 15.2. The molecule has 25 heavy (non-hydrogen) atoms. The first-order valence-corrected chi connectivity index (χ1v) is 8.65. The van der Waals surface area contributed by atoms with Gasteiger partial charge < -0.3 is 15.2 Å². The zero-order valence-corrected chi connectivity index (χ0v) is 16.0. The number of rotatable bonds is 5. The number of aromatic hydroxyl groups is 1. The van der Waals surface area contributed by atoms with Gasteiger partial charge in [-0.05, 0) is 62.9 Å². The standard InChI is InChI=1S/C20H24ClNO3/c1-6-16(25-17-8-7-11(2)9-13(17)4)20(24)22-15-10-12(3)14(5)18(21)19(15)23/h7-10,16,23H,6H2,1-5H3,(H,22,24). The molecule has 0 spiro atoms. The van der Waals surface area contributed by atoms with Crippen molar-refractivity contribution in [3.8, 4) is 11.5 Å². The van der Waals surface area contributed by atoms with E-state index in [2.05, 4.69) is 5.32 Å². The highest BCUT2D eigenvalue weighted by atomic mass is 35.5. The van der Waals surface area contributed by atoms with E-state index in [-0.39, 0.29) is 16.7 Å². The molecule has 0 bridgehead atoms. The Labute approximate surface area is 153 Å². The molecule has 2 aromatic carbocycles. The number of hydrogen-bond acceptors (Lipinski definition) is 3. The quantitative estimate of drug-likeness (QED) is 0.730. The van der Waals surface area contributed by atoms with Crippen molar-refractivity contribution in [1.82, 2.24) is 0 Å². The lowest BCUT2D eigenvalue weighted by Crippen LogP contribution is -2.32. The van der Waals surface area contributed by atoms with Crippen molar-refractivity contribution in [3.63, 3.8) is 0 Å². The molecule has 0 fully saturated rings. The first kappa shape index (κ1) is 19.1. The van der Waals surface area contributed by atoms with Gasteiger partial charge in [0.05, 0.1) is 10.7 Å². The molecule has 5 heteroatoms. The molecule has 0 aromatic heterocycles. The Bertz CT molecular complexity index is 802. The van der Waals surface area contributed by atoms with Gasteiger partial charge in [0.2, 0.25) is 0 Å². The number of nitrogens with one attached hydrogen (secondary N) is 1. The first-order valence-electron chi connectivity index (χ1n) is 8.28. The van der Waals surface area contributed by atoms with Crippen LogP contribution in [0.4, 0.5) is 5.69 Å². The Balaban J connectivity index is 2.21. The monoisotopic (exact) mass is 361 g/mol. The SMILES string of the molecule is CCC(Oc1ccc(C)cc1C)C(=O)Nc1cc(C)c(C)c(Cl)c1O. The number of carbonyl (C=O) groups excluding carboxylic acids is 1. The molecule has 1 unspecified atom stereocenters. The largest absolute Gasteiger partial charge is 0.504 e. The van der Waals surface area contributed by atoms with E-state index in [0.29, 0.717) is 17.9 Å². The second-order valence-corrected chi connectivity index (χ2v) is 6.68. The minimum absolute atomic E-state index is 0.125. The summed E-state index contributed by atoms with van der Waals surface area (Å²) in [6.07, 6.45) is -0.167. The van der Waals surface area contributed by atoms with E-state index < -0.39 is 6.10 Å². The molecular weight excluding hydrogens is 338 g/mol. The maximum absolute atomic E-state index is 12.6. The van der Waals surface area contributed by atoms with Crippen LogP contribution in [-0.4, -0.2) is 17.1 Å². The summed E-state index contributed by atoms with van der Waals surface area (Å²) in [7, 11) is 0. The molecule has 4 nitrogen and oxygen atoms in total. The molecule has 0 aliphatic carbocycles. The fraction of sp³-hybridized carbons (Fsp3) is 0.350. The van der Waals surface area contributed by atoms with Crippen LogP contribution in [0.5, 0.6) is 11.5 Å². The highest BCUT2D eigenvalue weighted by molar-refractivity contribution is 6.33. The van der Waals surface area contributed by atoms with Gasteiger partial charge in [-0.25, -0.2) is 0 Å². The lowest BCUT2D eigenvalue weighted by Gasteiger charge is -2.20. The molecule has 0 aliphatic rings. The molecule has 0 saturated carbocycles. The lowest BCUT2D eigenvalue weighted by molar-refractivity contribution is -0.122. The van der Waals surface area contributed by atoms with Crippen LogP contribution in [0.15, 0.2) is 24.3 Å². The molecule has 0 aliphatic heterocycles. The van der Waals surface area contributed by atoms with Gasteiger partial charge >= 0.3 is 0 Å². The van der Waals surface area contributed by atoms with E-state index >= 15 is 0 Å². The zero-order chi connectivity index (χ0) is 18.7. The van der Waals surface area contributed by atoms with Crippen LogP contribution in [-0.2, 0) is 4.79 Å². The number of halogens is 1. The summed E-state index contributed by atoms with van der Waals surface area (Å²) in [5, 5.41) is 13.2.